The fraction of sp³-hybridized carbons (Fsp3) is 0.357. The van der Waals surface area contributed by atoms with E-state index >= 15 is 0 Å². The molecular formula is C14H18FN3S. The molecule has 0 saturated carbocycles. The third-order valence-electron chi connectivity index (χ3n) is 2.78. The van der Waals surface area contributed by atoms with Crippen LogP contribution >= 0.6 is 11.8 Å². The summed E-state index contributed by atoms with van der Waals surface area (Å²) in [6.45, 7) is 3.03. The highest BCUT2D eigenvalue weighted by molar-refractivity contribution is 7.99. The number of rotatable bonds is 6. The van der Waals surface area contributed by atoms with Crippen LogP contribution in [0.3, 0.4) is 0 Å². The Bertz CT molecular complexity index is 510. The predicted octanol–water partition coefficient (Wildman–Crippen LogP) is 3.22. The SMILES string of the molecule is CCCn1cc(C(N)CSc2ccc(F)cc2)cn1. The highest BCUT2D eigenvalue weighted by atomic mass is 32.2. The van der Waals surface area contributed by atoms with Gasteiger partial charge in [-0.15, -0.1) is 11.8 Å². The van der Waals surface area contributed by atoms with Gasteiger partial charge in [-0.05, 0) is 30.7 Å². The molecule has 1 atom stereocenters. The maximum atomic E-state index is 12.8. The van der Waals surface area contributed by atoms with Crippen molar-refractivity contribution in [3.8, 4) is 0 Å². The van der Waals surface area contributed by atoms with Crippen LogP contribution in [-0.4, -0.2) is 15.5 Å². The number of halogens is 1. The number of nitrogens with zero attached hydrogens (tertiary/aromatic N) is 2. The molecule has 3 nitrogen and oxygen atoms in total. The van der Waals surface area contributed by atoms with Gasteiger partial charge in [0.25, 0.3) is 0 Å². The summed E-state index contributed by atoms with van der Waals surface area (Å²) >= 11 is 1.63. The molecule has 19 heavy (non-hydrogen) atoms. The zero-order valence-corrected chi connectivity index (χ0v) is 11.7. The Morgan fingerprint density at radius 3 is 2.79 bits per heavy atom. The molecule has 0 aliphatic rings. The lowest BCUT2D eigenvalue weighted by molar-refractivity contribution is 0.601. The van der Waals surface area contributed by atoms with Crippen LogP contribution in [0.5, 0.6) is 0 Å². The van der Waals surface area contributed by atoms with Gasteiger partial charge in [0.15, 0.2) is 0 Å². The van der Waals surface area contributed by atoms with Crippen LogP contribution in [0.2, 0.25) is 0 Å². The van der Waals surface area contributed by atoms with E-state index in [1.165, 1.54) is 12.1 Å². The second-order valence-electron chi connectivity index (χ2n) is 4.41. The van der Waals surface area contributed by atoms with E-state index in [2.05, 4.69) is 12.0 Å². The molecule has 0 amide bonds. The van der Waals surface area contributed by atoms with E-state index in [-0.39, 0.29) is 11.9 Å². The van der Waals surface area contributed by atoms with Gasteiger partial charge in [-0.1, -0.05) is 6.92 Å². The minimum Gasteiger partial charge on any atom is -0.323 e. The molecule has 0 spiro atoms. The van der Waals surface area contributed by atoms with Crippen molar-refractivity contribution >= 4 is 11.8 Å². The van der Waals surface area contributed by atoms with Crippen LogP contribution in [0.25, 0.3) is 0 Å². The first-order valence-corrected chi connectivity index (χ1v) is 7.34. The van der Waals surface area contributed by atoms with E-state index in [0.717, 1.165) is 29.2 Å². The molecule has 2 N–H and O–H groups in total. The number of nitrogens with two attached hydrogens (primary N) is 1. The molecule has 1 unspecified atom stereocenters. The zero-order valence-electron chi connectivity index (χ0n) is 10.9. The van der Waals surface area contributed by atoms with E-state index < -0.39 is 0 Å². The van der Waals surface area contributed by atoms with Crippen LogP contribution in [0.1, 0.15) is 24.9 Å². The summed E-state index contributed by atoms with van der Waals surface area (Å²) in [4.78, 5) is 1.03. The van der Waals surface area contributed by atoms with Crippen molar-refractivity contribution in [2.24, 2.45) is 5.73 Å². The summed E-state index contributed by atoms with van der Waals surface area (Å²) in [5.74, 6) is 0.540. The van der Waals surface area contributed by atoms with Crippen molar-refractivity contribution in [3.63, 3.8) is 0 Å². The normalized spacial score (nSPS) is 12.6. The minimum absolute atomic E-state index is 0.0549. The number of hydrogen-bond acceptors (Lipinski definition) is 3. The van der Waals surface area contributed by atoms with Gasteiger partial charge in [0.2, 0.25) is 0 Å². The van der Waals surface area contributed by atoms with Gasteiger partial charge in [-0.25, -0.2) is 4.39 Å². The molecule has 0 aliphatic carbocycles. The third-order valence-corrected chi connectivity index (χ3v) is 3.91. The highest BCUT2D eigenvalue weighted by Crippen LogP contribution is 2.23. The molecule has 102 valence electrons. The molecule has 0 radical (unpaired) electrons. The van der Waals surface area contributed by atoms with Gasteiger partial charge in [0, 0.05) is 35.0 Å². The first-order chi connectivity index (χ1) is 9.19. The van der Waals surface area contributed by atoms with Crippen LogP contribution in [-0.2, 0) is 6.54 Å². The summed E-state index contributed by atoms with van der Waals surface area (Å²) in [7, 11) is 0. The van der Waals surface area contributed by atoms with Gasteiger partial charge in [0.05, 0.1) is 6.20 Å². The van der Waals surface area contributed by atoms with Crippen molar-refractivity contribution < 1.29 is 4.39 Å². The molecule has 1 aromatic heterocycles. The first-order valence-electron chi connectivity index (χ1n) is 6.35. The van der Waals surface area contributed by atoms with Gasteiger partial charge in [-0.3, -0.25) is 4.68 Å². The zero-order chi connectivity index (χ0) is 13.7. The average Bonchev–Trinajstić information content (AvgIpc) is 2.87. The van der Waals surface area contributed by atoms with E-state index in [9.17, 15) is 4.39 Å². The van der Waals surface area contributed by atoms with E-state index in [1.807, 2.05) is 17.1 Å². The maximum Gasteiger partial charge on any atom is 0.123 e. The average molecular weight is 279 g/mol. The Balaban J connectivity index is 1.89. The van der Waals surface area contributed by atoms with E-state index in [1.54, 1.807) is 23.9 Å². The molecule has 2 rings (SSSR count). The fourth-order valence-corrected chi connectivity index (χ4v) is 2.63. The van der Waals surface area contributed by atoms with Crippen LogP contribution < -0.4 is 5.73 Å². The van der Waals surface area contributed by atoms with Gasteiger partial charge >= 0.3 is 0 Å². The third kappa shape index (κ3) is 4.08. The van der Waals surface area contributed by atoms with Crippen molar-refractivity contribution in [2.45, 2.75) is 30.8 Å². The molecule has 1 aromatic carbocycles. The predicted molar refractivity (Wildman–Crippen MR) is 76.6 cm³/mol. The van der Waals surface area contributed by atoms with Crippen molar-refractivity contribution in [1.29, 1.82) is 0 Å². The fourth-order valence-electron chi connectivity index (χ4n) is 1.74. The Hall–Kier alpha value is -1.33. The lowest BCUT2D eigenvalue weighted by Gasteiger charge is -2.08. The van der Waals surface area contributed by atoms with Gasteiger partial charge in [-0.2, -0.15) is 5.10 Å². The second kappa shape index (κ2) is 6.73. The lowest BCUT2D eigenvalue weighted by atomic mass is 10.2. The number of aromatic nitrogens is 2. The largest absolute Gasteiger partial charge is 0.323 e. The summed E-state index contributed by atoms with van der Waals surface area (Å²) in [6, 6.07) is 6.42. The summed E-state index contributed by atoms with van der Waals surface area (Å²) in [5.41, 5.74) is 7.18. The van der Waals surface area contributed by atoms with Crippen LogP contribution in [0.4, 0.5) is 4.39 Å². The van der Waals surface area contributed by atoms with E-state index in [0.29, 0.717) is 0 Å². The van der Waals surface area contributed by atoms with Crippen molar-refractivity contribution in [1.82, 2.24) is 9.78 Å². The molecular weight excluding hydrogens is 261 g/mol. The highest BCUT2D eigenvalue weighted by Gasteiger charge is 2.09. The quantitative estimate of drug-likeness (QED) is 0.826. The molecule has 0 bridgehead atoms. The molecule has 0 fully saturated rings. The maximum absolute atomic E-state index is 12.8. The molecule has 5 heteroatoms. The molecule has 2 aromatic rings. The van der Waals surface area contributed by atoms with Gasteiger partial charge < -0.3 is 5.73 Å². The second-order valence-corrected chi connectivity index (χ2v) is 5.50. The van der Waals surface area contributed by atoms with E-state index in [4.69, 9.17) is 5.73 Å². The summed E-state index contributed by atoms with van der Waals surface area (Å²) in [5, 5.41) is 4.27. The topological polar surface area (TPSA) is 43.8 Å². The first kappa shape index (κ1) is 14.1. The number of aryl methyl sites for hydroxylation is 1. The smallest absolute Gasteiger partial charge is 0.123 e. The van der Waals surface area contributed by atoms with Gasteiger partial charge in [0.1, 0.15) is 5.82 Å². The monoisotopic (exact) mass is 279 g/mol. The molecule has 1 heterocycles. The standard InChI is InChI=1S/C14H18FN3S/c1-2-7-18-9-11(8-17-18)14(16)10-19-13-5-3-12(15)4-6-13/h3-6,8-9,14H,2,7,10,16H2,1H3. The lowest BCUT2D eigenvalue weighted by Crippen LogP contribution is -2.12. The van der Waals surface area contributed by atoms with Crippen molar-refractivity contribution in [3.05, 3.63) is 48.0 Å². The molecule has 0 saturated heterocycles. The Kier molecular flexibility index (Phi) is 4.99. The number of hydrogen-bond donors (Lipinski definition) is 1. The summed E-state index contributed by atoms with van der Waals surface area (Å²) < 4.78 is 14.7. The number of thioether (sulfide) groups is 1. The van der Waals surface area contributed by atoms with Crippen LogP contribution in [0.15, 0.2) is 41.6 Å². The van der Waals surface area contributed by atoms with Crippen molar-refractivity contribution in [2.75, 3.05) is 5.75 Å². The number of benzene rings is 1. The Morgan fingerprint density at radius 1 is 1.37 bits per heavy atom. The minimum atomic E-state index is -0.213. The van der Waals surface area contributed by atoms with Crippen LogP contribution in [0, 0.1) is 5.82 Å². The molecule has 0 aliphatic heterocycles. The summed E-state index contributed by atoms with van der Waals surface area (Å²) in [6.07, 6.45) is 4.88. The Labute approximate surface area is 117 Å². The Morgan fingerprint density at radius 2 is 2.11 bits per heavy atom.